The number of likely N-dealkylation sites (tertiary alicyclic amines) is 1. The summed E-state index contributed by atoms with van der Waals surface area (Å²) in [6, 6.07) is 0.702. The fourth-order valence-electron chi connectivity index (χ4n) is 4.70. The highest BCUT2D eigenvalue weighted by molar-refractivity contribution is 5.07. The van der Waals surface area contributed by atoms with Crippen molar-refractivity contribution in [3.63, 3.8) is 0 Å². The Morgan fingerprint density at radius 2 is 2.00 bits per heavy atom. The molecule has 3 unspecified atom stereocenters. The molecule has 0 aromatic heterocycles. The highest BCUT2D eigenvalue weighted by Gasteiger charge is 2.51. The molecule has 0 aromatic rings. The number of hydrogen-bond donors (Lipinski definition) is 1. The molecule has 3 atom stereocenters. The van der Waals surface area contributed by atoms with Gasteiger partial charge in [0.15, 0.2) is 0 Å². The van der Waals surface area contributed by atoms with Crippen LogP contribution in [0.15, 0.2) is 0 Å². The lowest BCUT2D eigenvalue weighted by atomic mass is 9.83. The average Bonchev–Trinajstić information content (AvgIpc) is 2.59. The maximum Gasteiger partial charge on any atom is 0.0363 e. The lowest BCUT2D eigenvalue weighted by Crippen LogP contribution is -2.61. The van der Waals surface area contributed by atoms with Gasteiger partial charge in [0.05, 0.1) is 0 Å². The monoisotopic (exact) mass is 267 g/mol. The van der Waals surface area contributed by atoms with E-state index in [4.69, 9.17) is 5.73 Å². The van der Waals surface area contributed by atoms with Crippen LogP contribution in [0.25, 0.3) is 0 Å². The Labute approximate surface area is 119 Å². The molecule has 0 amide bonds. The molecule has 112 valence electrons. The van der Waals surface area contributed by atoms with Gasteiger partial charge in [-0.25, -0.2) is 0 Å². The second kappa shape index (κ2) is 5.34. The van der Waals surface area contributed by atoms with Crippen LogP contribution in [0.4, 0.5) is 0 Å². The first-order chi connectivity index (χ1) is 8.81. The van der Waals surface area contributed by atoms with Gasteiger partial charge >= 0.3 is 0 Å². The second-order valence-electron chi connectivity index (χ2n) is 7.96. The molecule has 2 aliphatic rings. The van der Waals surface area contributed by atoms with Gasteiger partial charge in [-0.15, -0.1) is 0 Å². The summed E-state index contributed by atoms with van der Waals surface area (Å²) < 4.78 is 0. The first kappa shape index (κ1) is 15.3. The first-order valence-electron chi connectivity index (χ1n) is 7.92. The van der Waals surface area contributed by atoms with Crippen molar-refractivity contribution in [1.82, 2.24) is 9.80 Å². The molecule has 2 fully saturated rings. The molecule has 1 saturated carbocycles. The summed E-state index contributed by atoms with van der Waals surface area (Å²) in [4.78, 5) is 5.13. The van der Waals surface area contributed by atoms with Crippen molar-refractivity contribution in [3.05, 3.63) is 0 Å². The summed E-state index contributed by atoms with van der Waals surface area (Å²) in [6.45, 7) is 10.5. The molecule has 0 spiro atoms. The summed E-state index contributed by atoms with van der Waals surface area (Å²) in [5.41, 5.74) is 6.97. The van der Waals surface area contributed by atoms with Crippen LogP contribution in [-0.4, -0.2) is 55.1 Å². The molecule has 0 aromatic carbocycles. The number of likely N-dealkylation sites (N-methyl/N-ethyl adjacent to an activating group) is 1. The fraction of sp³-hybridized carbons (Fsp3) is 1.00. The predicted molar refractivity (Wildman–Crippen MR) is 82.2 cm³/mol. The molecule has 3 nitrogen and oxygen atoms in total. The zero-order valence-electron chi connectivity index (χ0n) is 13.6. The van der Waals surface area contributed by atoms with Crippen molar-refractivity contribution in [1.29, 1.82) is 0 Å². The van der Waals surface area contributed by atoms with E-state index in [0.717, 1.165) is 6.54 Å². The molecule has 19 heavy (non-hydrogen) atoms. The molecule has 1 aliphatic carbocycles. The van der Waals surface area contributed by atoms with Crippen LogP contribution in [0, 0.1) is 11.3 Å². The smallest absolute Gasteiger partial charge is 0.0363 e. The molecule has 1 aliphatic heterocycles. The van der Waals surface area contributed by atoms with Crippen molar-refractivity contribution in [2.24, 2.45) is 17.1 Å². The highest BCUT2D eigenvalue weighted by atomic mass is 15.3. The van der Waals surface area contributed by atoms with Gasteiger partial charge in [0.25, 0.3) is 0 Å². The Morgan fingerprint density at radius 3 is 2.47 bits per heavy atom. The summed E-state index contributed by atoms with van der Waals surface area (Å²) in [5.74, 6) is 0.716. The number of piperidine rings is 1. The molecule has 0 bridgehead atoms. The van der Waals surface area contributed by atoms with Crippen molar-refractivity contribution >= 4 is 0 Å². The number of nitrogens with zero attached hydrogens (tertiary/aromatic N) is 2. The number of nitrogens with two attached hydrogens (primary N) is 1. The molecule has 0 radical (unpaired) electrons. The Balaban J connectivity index is 2.17. The Morgan fingerprint density at radius 1 is 1.32 bits per heavy atom. The summed E-state index contributed by atoms with van der Waals surface area (Å²) >= 11 is 0. The van der Waals surface area contributed by atoms with E-state index in [-0.39, 0.29) is 5.54 Å². The number of rotatable bonds is 3. The quantitative estimate of drug-likeness (QED) is 0.850. The van der Waals surface area contributed by atoms with Crippen molar-refractivity contribution < 1.29 is 0 Å². The second-order valence-corrected chi connectivity index (χ2v) is 7.96. The summed E-state index contributed by atoms with van der Waals surface area (Å²) in [7, 11) is 4.43. The first-order valence-corrected chi connectivity index (χ1v) is 7.92. The van der Waals surface area contributed by atoms with Gasteiger partial charge in [-0.05, 0) is 57.7 Å². The highest BCUT2D eigenvalue weighted by Crippen LogP contribution is 2.50. The minimum atomic E-state index is 0.248. The molecule has 1 heterocycles. The van der Waals surface area contributed by atoms with Gasteiger partial charge in [0, 0.05) is 24.7 Å². The minimum Gasteiger partial charge on any atom is -0.329 e. The maximum absolute atomic E-state index is 6.28. The fourth-order valence-corrected chi connectivity index (χ4v) is 4.70. The average molecular weight is 267 g/mol. The van der Waals surface area contributed by atoms with E-state index in [1.54, 1.807) is 0 Å². The standard InChI is InChI=1S/C16H33N3/c1-13-9-15(2,3)11-16(13,12-17)19-8-6-7-14(10-19)18(4)5/h13-14H,6-12,17H2,1-5H3. The van der Waals surface area contributed by atoms with Crippen LogP contribution in [0.2, 0.25) is 0 Å². The summed E-state index contributed by atoms with van der Waals surface area (Å²) in [6.07, 6.45) is 5.23. The van der Waals surface area contributed by atoms with Crippen LogP contribution in [0.3, 0.4) is 0 Å². The van der Waals surface area contributed by atoms with Crippen molar-refractivity contribution in [2.75, 3.05) is 33.7 Å². The zero-order chi connectivity index (χ0) is 14.3. The minimum absolute atomic E-state index is 0.248. The van der Waals surface area contributed by atoms with Gasteiger partial charge < -0.3 is 10.6 Å². The van der Waals surface area contributed by atoms with Crippen molar-refractivity contribution in [2.45, 2.75) is 58.0 Å². The van der Waals surface area contributed by atoms with E-state index in [0.29, 0.717) is 17.4 Å². The third-order valence-electron chi connectivity index (χ3n) is 5.67. The Kier molecular flexibility index (Phi) is 4.29. The summed E-state index contributed by atoms with van der Waals surface area (Å²) in [5, 5.41) is 0. The maximum atomic E-state index is 6.28. The molecule has 1 saturated heterocycles. The predicted octanol–water partition coefficient (Wildman–Crippen LogP) is 2.17. The topological polar surface area (TPSA) is 32.5 Å². The van der Waals surface area contributed by atoms with Gasteiger partial charge in [0.2, 0.25) is 0 Å². The van der Waals surface area contributed by atoms with Crippen LogP contribution < -0.4 is 5.73 Å². The van der Waals surface area contributed by atoms with E-state index in [2.05, 4.69) is 44.7 Å². The molecule has 2 rings (SSSR count). The van der Waals surface area contributed by atoms with E-state index in [1.165, 1.54) is 38.8 Å². The molecular weight excluding hydrogens is 234 g/mol. The third kappa shape index (κ3) is 2.84. The molecule has 2 N–H and O–H groups in total. The lowest BCUT2D eigenvalue weighted by molar-refractivity contribution is 0.0118. The lowest BCUT2D eigenvalue weighted by Gasteiger charge is -2.49. The zero-order valence-corrected chi connectivity index (χ0v) is 13.6. The van der Waals surface area contributed by atoms with Crippen LogP contribution in [-0.2, 0) is 0 Å². The van der Waals surface area contributed by atoms with Gasteiger partial charge in [-0.2, -0.15) is 0 Å². The molecular formula is C16H33N3. The van der Waals surface area contributed by atoms with E-state index in [9.17, 15) is 0 Å². The van der Waals surface area contributed by atoms with E-state index < -0.39 is 0 Å². The SMILES string of the molecule is CC1CC(C)(C)CC1(CN)N1CCCC(N(C)C)C1. The third-order valence-corrected chi connectivity index (χ3v) is 5.67. The van der Waals surface area contributed by atoms with Gasteiger partial charge in [0.1, 0.15) is 0 Å². The van der Waals surface area contributed by atoms with Crippen LogP contribution >= 0.6 is 0 Å². The van der Waals surface area contributed by atoms with Crippen molar-refractivity contribution in [3.8, 4) is 0 Å². The van der Waals surface area contributed by atoms with Gasteiger partial charge in [-0.1, -0.05) is 20.8 Å². The largest absolute Gasteiger partial charge is 0.329 e. The van der Waals surface area contributed by atoms with Gasteiger partial charge in [-0.3, -0.25) is 4.90 Å². The normalized spacial score (nSPS) is 39.9. The van der Waals surface area contributed by atoms with E-state index >= 15 is 0 Å². The Bertz CT molecular complexity index is 313. The van der Waals surface area contributed by atoms with Crippen LogP contribution in [0.5, 0.6) is 0 Å². The van der Waals surface area contributed by atoms with E-state index in [1.807, 2.05) is 0 Å². The number of hydrogen-bond acceptors (Lipinski definition) is 3. The van der Waals surface area contributed by atoms with Crippen LogP contribution in [0.1, 0.15) is 46.5 Å². The Hall–Kier alpha value is -0.120. The molecule has 3 heteroatoms.